The van der Waals surface area contributed by atoms with Gasteiger partial charge in [0.15, 0.2) is 0 Å². The average Bonchev–Trinajstić information content (AvgIpc) is 2.29. The molecule has 0 heterocycles. The summed E-state index contributed by atoms with van der Waals surface area (Å²) < 4.78 is 5.43. The summed E-state index contributed by atoms with van der Waals surface area (Å²) in [5.74, 6) is -0.129. The standard InChI is InChI=1S/C13H19Cl2NO2/c1-9(2)18-5-3-4-16-8-10-6-11(14)7-12(15)13(10)17/h6-7,9,16-17H,3-5,8H2,1-2H3. The summed E-state index contributed by atoms with van der Waals surface area (Å²) in [6, 6.07) is 3.16. The zero-order valence-electron chi connectivity index (χ0n) is 10.7. The van der Waals surface area contributed by atoms with E-state index in [4.69, 9.17) is 27.9 Å². The summed E-state index contributed by atoms with van der Waals surface area (Å²) in [5.41, 5.74) is 0.650. The maximum absolute atomic E-state index is 11.7. The summed E-state index contributed by atoms with van der Waals surface area (Å²) in [7, 11) is 0. The first-order chi connectivity index (χ1) is 8.50. The van der Waals surface area contributed by atoms with E-state index >= 15 is 0 Å². The number of rotatable bonds is 7. The predicted molar refractivity (Wildman–Crippen MR) is 72.1 cm³/mol. The molecule has 0 aliphatic rings. The number of quaternary nitrogens is 1. The van der Waals surface area contributed by atoms with Gasteiger partial charge in [-0.3, -0.25) is 0 Å². The molecule has 0 spiro atoms. The van der Waals surface area contributed by atoms with E-state index in [1.54, 1.807) is 6.07 Å². The van der Waals surface area contributed by atoms with Gasteiger partial charge in [-0.2, -0.15) is 0 Å². The van der Waals surface area contributed by atoms with E-state index in [2.05, 4.69) is 5.32 Å². The minimum absolute atomic E-state index is 0.129. The minimum atomic E-state index is -0.129. The van der Waals surface area contributed by atoms with E-state index in [1.807, 2.05) is 13.8 Å². The zero-order valence-corrected chi connectivity index (χ0v) is 12.2. The molecule has 2 N–H and O–H groups in total. The lowest BCUT2D eigenvalue weighted by Gasteiger charge is -2.15. The number of ether oxygens (including phenoxy) is 1. The van der Waals surface area contributed by atoms with Crippen LogP contribution in [0.2, 0.25) is 10.0 Å². The second-order valence-electron chi connectivity index (χ2n) is 4.43. The van der Waals surface area contributed by atoms with Crippen molar-refractivity contribution in [3.8, 4) is 5.75 Å². The van der Waals surface area contributed by atoms with Crippen molar-refractivity contribution in [1.82, 2.24) is 0 Å². The van der Waals surface area contributed by atoms with Gasteiger partial charge >= 0.3 is 0 Å². The lowest BCUT2D eigenvalue weighted by Crippen LogP contribution is -2.82. The van der Waals surface area contributed by atoms with Gasteiger partial charge < -0.3 is 15.2 Å². The molecular weight excluding hydrogens is 273 g/mol. The molecule has 0 aliphatic carbocycles. The minimum Gasteiger partial charge on any atom is -0.871 e. The number of nitrogens with two attached hydrogens (primary N) is 1. The summed E-state index contributed by atoms with van der Waals surface area (Å²) in [5, 5.41) is 14.5. The van der Waals surface area contributed by atoms with Crippen molar-refractivity contribution in [2.24, 2.45) is 0 Å². The van der Waals surface area contributed by atoms with Gasteiger partial charge in [0.1, 0.15) is 6.54 Å². The Bertz CT molecular complexity index is 383. The van der Waals surface area contributed by atoms with E-state index < -0.39 is 0 Å². The van der Waals surface area contributed by atoms with Crippen molar-refractivity contribution >= 4 is 23.2 Å². The average molecular weight is 292 g/mol. The van der Waals surface area contributed by atoms with Crippen LogP contribution in [0.25, 0.3) is 0 Å². The van der Waals surface area contributed by atoms with Crippen LogP contribution >= 0.6 is 23.2 Å². The van der Waals surface area contributed by atoms with Gasteiger partial charge in [0.05, 0.1) is 19.3 Å². The van der Waals surface area contributed by atoms with E-state index in [9.17, 15) is 5.11 Å². The van der Waals surface area contributed by atoms with Crippen molar-refractivity contribution in [2.45, 2.75) is 32.9 Å². The highest BCUT2D eigenvalue weighted by atomic mass is 35.5. The van der Waals surface area contributed by atoms with Crippen molar-refractivity contribution in [2.75, 3.05) is 13.2 Å². The van der Waals surface area contributed by atoms with Crippen LogP contribution in [-0.4, -0.2) is 19.3 Å². The first-order valence-electron chi connectivity index (χ1n) is 6.09. The molecule has 0 amide bonds. The smallest absolute Gasteiger partial charge is 0.101 e. The molecule has 0 aliphatic heterocycles. The second kappa shape index (κ2) is 7.85. The van der Waals surface area contributed by atoms with Crippen LogP contribution in [0, 0.1) is 0 Å². The molecule has 0 saturated heterocycles. The molecule has 3 nitrogen and oxygen atoms in total. The first kappa shape index (κ1) is 15.6. The Kier molecular flexibility index (Phi) is 6.79. The SMILES string of the molecule is CC(C)OCCC[NH2+]Cc1cc(Cl)cc(Cl)c1[O-]. The van der Waals surface area contributed by atoms with Crippen molar-refractivity contribution < 1.29 is 15.2 Å². The number of halogens is 2. The zero-order chi connectivity index (χ0) is 13.5. The third-order valence-electron chi connectivity index (χ3n) is 2.45. The van der Waals surface area contributed by atoms with Gasteiger partial charge in [-0.05, 0) is 26.0 Å². The lowest BCUT2D eigenvalue weighted by molar-refractivity contribution is -0.671. The Labute approximate surface area is 118 Å². The highest BCUT2D eigenvalue weighted by molar-refractivity contribution is 6.35. The van der Waals surface area contributed by atoms with E-state index in [0.717, 1.165) is 19.6 Å². The maximum atomic E-state index is 11.7. The Balaban J connectivity index is 2.31. The Morgan fingerprint density at radius 2 is 2.06 bits per heavy atom. The predicted octanol–water partition coefficient (Wildman–Crippen LogP) is 1.95. The van der Waals surface area contributed by atoms with Crippen molar-refractivity contribution in [3.05, 3.63) is 27.7 Å². The fourth-order valence-corrected chi connectivity index (χ4v) is 2.11. The summed E-state index contributed by atoms with van der Waals surface area (Å²) in [4.78, 5) is 0. The Morgan fingerprint density at radius 1 is 1.33 bits per heavy atom. The fraction of sp³-hybridized carbons (Fsp3) is 0.538. The molecule has 0 fully saturated rings. The van der Waals surface area contributed by atoms with Crippen LogP contribution in [0.15, 0.2) is 12.1 Å². The molecule has 5 heteroatoms. The monoisotopic (exact) mass is 291 g/mol. The molecule has 1 aromatic rings. The van der Waals surface area contributed by atoms with Crippen LogP contribution in [-0.2, 0) is 11.3 Å². The van der Waals surface area contributed by atoms with Crippen molar-refractivity contribution in [1.29, 1.82) is 0 Å². The fourth-order valence-electron chi connectivity index (χ4n) is 1.57. The molecular formula is C13H19Cl2NO2. The van der Waals surface area contributed by atoms with Crippen LogP contribution in [0.4, 0.5) is 0 Å². The highest BCUT2D eigenvalue weighted by Crippen LogP contribution is 2.28. The van der Waals surface area contributed by atoms with Gasteiger partial charge in [-0.25, -0.2) is 0 Å². The topological polar surface area (TPSA) is 48.9 Å². The van der Waals surface area contributed by atoms with Crippen LogP contribution in [0.3, 0.4) is 0 Å². The van der Waals surface area contributed by atoms with Gasteiger partial charge in [-0.1, -0.05) is 29.0 Å². The molecule has 0 atom stereocenters. The van der Waals surface area contributed by atoms with Gasteiger partial charge in [-0.15, -0.1) is 0 Å². The van der Waals surface area contributed by atoms with E-state index in [-0.39, 0.29) is 16.9 Å². The number of benzene rings is 1. The second-order valence-corrected chi connectivity index (χ2v) is 5.27. The third-order valence-corrected chi connectivity index (χ3v) is 2.95. The normalized spacial score (nSPS) is 11.2. The number of hydrogen-bond acceptors (Lipinski definition) is 2. The largest absolute Gasteiger partial charge is 0.871 e. The molecule has 0 aromatic heterocycles. The third kappa shape index (κ3) is 5.44. The maximum Gasteiger partial charge on any atom is 0.101 e. The highest BCUT2D eigenvalue weighted by Gasteiger charge is 2.03. The van der Waals surface area contributed by atoms with Gasteiger partial charge in [0.25, 0.3) is 0 Å². The molecule has 1 aromatic carbocycles. The molecule has 0 unspecified atom stereocenters. The Morgan fingerprint density at radius 3 is 2.72 bits per heavy atom. The molecule has 0 saturated carbocycles. The summed E-state index contributed by atoms with van der Waals surface area (Å²) in [6.45, 7) is 6.29. The van der Waals surface area contributed by atoms with Gasteiger partial charge in [0.2, 0.25) is 0 Å². The summed E-state index contributed by atoms with van der Waals surface area (Å²) in [6.07, 6.45) is 1.23. The number of hydrogen-bond donors (Lipinski definition) is 1. The quantitative estimate of drug-likeness (QED) is 0.781. The molecule has 18 heavy (non-hydrogen) atoms. The van der Waals surface area contributed by atoms with E-state index in [1.165, 1.54) is 6.07 Å². The van der Waals surface area contributed by atoms with Crippen LogP contribution < -0.4 is 10.4 Å². The van der Waals surface area contributed by atoms with Gasteiger partial charge in [0, 0.05) is 22.0 Å². The van der Waals surface area contributed by atoms with E-state index in [0.29, 0.717) is 17.1 Å². The van der Waals surface area contributed by atoms with Crippen LogP contribution in [0.1, 0.15) is 25.8 Å². The molecule has 102 valence electrons. The Hall–Kier alpha value is -0.480. The molecule has 0 radical (unpaired) electrons. The lowest BCUT2D eigenvalue weighted by atomic mass is 10.2. The molecule has 1 rings (SSSR count). The van der Waals surface area contributed by atoms with Crippen LogP contribution in [0.5, 0.6) is 5.75 Å². The first-order valence-corrected chi connectivity index (χ1v) is 6.84. The summed E-state index contributed by atoms with van der Waals surface area (Å²) >= 11 is 11.6. The van der Waals surface area contributed by atoms with Crippen molar-refractivity contribution in [3.63, 3.8) is 0 Å². The molecule has 0 bridgehead atoms.